The van der Waals surface area contributed by atoms with Crippen LogP contribution in [0.25, 0.3) is 5.76 Å². The molecular formula is C13H17O3P. The van der Waals surface area contributed by atoms with E-state index in [-0.39, 0.29) is 5.41 Å². The van der Waals surface area contributed by atoms with Gasteiger partial charge in [0.05, 0.1) is 13.2 Å². The third kappa shape index (κ3) is 3.53. The van der Waals surface area contributed by atoms with Crippen molar-refractivity contribution >= 4 is 14.4 Å². The second-order valence-electron chi connectivity index (χ2n) is 4.82. The maximum Gasteiger partial charge on any atom is 0.397 e. The van der Waals surface area contributed by atoms with Gasteiger partial charge >= 0.3 is 8.60 Å². The van der Waals surface area contributed by atoms with E-state index >= 15 is 0 Å². The minimum Gasteiger partial charge on any atom is -0.427 e. The lowest BCUT2D eigenvalue weighted by Gasteiger charge is -2.32. The molecule has 0 bridgehead atoms. The highest BCUT2D eigenvalue weighted by Crippen LogP contribution is 2.49. The molecule has 1 aromatic rings. The fraction of sp³-hybridized carbons (Fsp3) is 0.385. The molecule has 0 saturated carbocycles. The van der Waals surface area contributed by atoms with Gasteiger partial charge in [-0.2, -0.15) is 0 Å². The smallest absolute Gasteiger partial charge is 0.397 e. The van der Waals surface area contributed by atoms with Crippen LogP contribution < -0.4 is 0 Å². The zero-order chi connectivity index (χ0) is 12.3. The largest absolute Gasteiger partial charge is 0.427 e. The molecule has 3 nitrogen and oxygen atoms in total. The lowest BCUT2D eigenvalue weighted by molar-refractivity contribution is 0.0398. The van der Waals surface area contributed by atoms with E-state index in [0.717, 1.165) is 5.56 Å². The topological polar surface area (TPSA) is 27.7 Å². The molecule has 1 saturated heterocycles. The average molecular weight is 252 g/mol. The Kier molecular flexibility index (Phi) is 3.82. The maximum atomic E-state index is 5.60. The van der Waals surface area contributed by atoms with Crippen molar-refractivity contribution in [3.8, 4) is 0 Å². The molecule has 17 heavy (non-hydrogen) atoms. The van der Waals surface area contributed by atoms with Gasteiger partial charge in [-0.1, -0.05) is 50.8 Å². The number of hydrogen-bond acceptors (Lipinski definition) is 3. The van der Waals surface area contributed by atoms with Gasteiger partial charge in [0, 0.05) is 11.0 Å². The van der Waals surface area contributed by atoms with E-state index in [1.165, 1.54) is 0 Å². The molecule has 1 aliphatic rings. The molecule has 1 aliphatic heterocycles. The van der Waals surface area contributed by atoms with E-state index in [4.69, 9.17) is 13.6 Å². The summed E-state index contributed by atoms with van der Waals surface area (Å²) in [5, 5.41) is 0. The van der Waals surface area contributed by atoms with Crippen molar-refractivity contribution in [1.82, 2.24) is 0 Å². The van der Waals surface area contributed by atoms with Crippen LogP contribution in [0.2, 0.25) is 0 Å². The van der Waals surface area contributed by atoms with E-state index in [1.807, 2.05) is 30.3 Å². The third-order valence-corrected chi connectivity index (χ3v) is 3.45. The van der Waals surface area contributed by atoms with Gasteiger partial charge in [0.25, 0.3) is 0 Å². The highest BCUT2D eigenvalue weighted by Gasteiger charge is 2.31. The molecule has 0 amide bonds. The fourth-order valence-electron chi connectivity index (χ4n) is 1.35. The predicted molar refractivity (Wildman–Crippen MR) is 69.2 cm³/mol. The van der Waals surface area contributed by atoms with E-state index in [2.05, 4.69) is 20.4 Å². The van der Waals surface area contributed by atoms with Crippen molar-refractivity contribution in [3.63, 3.8) is 0 Å². The molecule has 0 aromatic heterocycles. The van der Waals surface area contributed by atoms with E-state index < -0.39 is 8.60 Å². The van der Waals surface area contributed by atoms with Crippen LogP contribution in [0.3, 0.4) is 0 Å². The van der Waals surface area contributed by atoms with E-state index in [1.54, 1.807) is 0 Å². The van der Waals surface area contributed by atoms with Gasteiger partial charge in [0.2, 0.25) is 0 Å². The van der Waals surface area contributed by atoms with Crippen molar-refractivity contribution in [2.75, 3.05) is 13.2 Å². The Morgan fingerprint density at radius 2 is 1.82 bits per heavy atom. The Balaban J connectivity index is 1.89. The van der Waals surface area contributed by atoms with Crippen molar-refractivity contribution in [1.29, 1.82) is 0 Å². The first-order valence-electron chi connectivity index (χ1n) is 5.55. The molecule has 0 atom stereocenters. The quantitative estimate of drug-likeness (QED) is 0.601. The van der Waals surface area contributed by atoms with Crippen molar-refractivity contribution in [2.45, 2.75) is 13.8 Å². The summed E-state index contributed by atoms with van der Waals surface area (Å²) in [6.45, 7) is 9.40. The molecule has 92 valence electrons. The fourth-order valence-corrected chi connectivity index (χ4v) is 2.73. The second kappa shape index (κ2) is 5.18. The van der Waals surface area contributed by atoms with Crippen molar-refractivity contribution in [3.05, 3.63) is 42.5 Å². The number of hydrogen-bond donors (Lipinski definition) is 0. The molecule has 2 rings (SSSR count). The summed E-state index contributed by atoms with van der Waals surface area (Å²) < 4.78 is 16.7. The minimum absolute atomic E-state index is 0.0657. The summed E-state index contributed by atoms with van der Waals surface area (Å²) in [5.41, 5.74) is 1.02. The van der Waals surface area contributed by atoms with Gasteiger partial charge in [-0.25, -0.2) is 0 Å². The molecule has 0 radical (unpaired) electrons. The summed E-state index contributed by atoms with van der Waals surface area (Å²) in [4.78, 5) is 0. The Morgan fingerprint density at radius 1 is 1.24 bits per heavy atom. The van der Waals surface area contributed by atoms with Gasteiger partial charge < -0.3 is 13.6 Å². The molecule has 1 fully saturated rings. The molecular weight excluding hydrogens is 235 g/mol. The number of rotatable bonds is 3. The normalized spacial score (nSPS) is 19.9. The summed E-state index contributed by atoms with van der Waals surface area (Å²) in [5.74, 6) is 0.594. The first-order chi connectivity index (χ1) is 8.07. The van der Waals surface area contributed by atoms with Gasteiger partial charge in [0.15, 0.2) is 0 Å². The van der Waals surface area contributed by atoms with Crippen LogP contribution >= 0.6 is 8.60 Å². The van der Waals surface area contributed by atoms with Gasteiger partial charge in [0.1, 0.15) is 5.76 Å². The monoisotopic (exact) mass is 252 g/mol. The molecule has 0 spiro atoms. The molecule has 0 N–H and O–H groups in total. The summed E-state index contributed by atoms with van der Waals surface area (Å²) in [7, 11) is -1.29. The van der Waals surface area contributed by atoms with Crippen LogP contribution in [0.4, 0.5) is 0 Å². The first kappa shape index (κ1) is 12.6. The third-order valence-electron chi connectivity index (χ3n) is 2.40. The lowest BCUT2D eigenvalue weighted by atomic mass is 9.97. The van der Waals surface area contributed by atoms with Crippen LogP contribution in [0.5, 0.6) is 0 Å². The SMILES string of the molecule is C=C(OP1OCC(C)(C)CO1)c1ccccc1. The summed E-state index contributed by atoms with van der Waals surface area (Å²) in [6.07, 6.45) is 0. The van der Waals surface area contributed by atoms with Crippen LogP contribution in [-0.2, 0) is 13.6 Å². The van der Waals surface area contributed by atoms with Crippen LogP contribution in [0.1, 0.15) is 19.4 Å². The highest BCUT2D eigenvalue weighted by molar-refractivity contribution is 7.42. The van der Waals surface area contributed by atoms with E-state index in [0.29, 0.717) is 19.0 Å². The Bertz CT molecular complexity index is 379. The molecule has 0 aliphatic carbocycles. The van der Waals surface area contributed by atoms with E-state index in [9.17, 15) is 0 Å². The minimum atomic E-state index is -1.29. The average Bonchev–Trinajstić information content (AvgIpc) is 2.33. The van der Waals surface area contributed by atoms with Crippen LogP contribution in [0, 0.1) is 5.41 Å². The Labute approximate surface area is 103 Å². The van der Waals surface area contributed by atoms with Gasteiger partial charge in [-0.3, -0.25) is 0 Å². The highest BCUT2D eigenvalue weighted by atomic mass is 31.2. The maximum absolute atomic E-state index is 5.60. The molecule has 1 heterocycles. The predicted octanol–water partition coefficient (Wildman–Crippen LogP) is 3.97. The second-order valence-corrected chi connectivity index (χ2v) is 5.96. The molecule has 0 unspecified atom stereocenters. The summed E-state index contributed by atoms with van der Waals surface area (Å²) in [6, 6.07) is 9.75. The van der Waals surface area contributed by atoms with Crippen LogP contribution in [-0.4, -0.2) is 13.2 Å². The number of benzene rings is 1. The first-order valence-corrected chi connectivity index (χ1v) is 6.65. The Hall–Kier alpha value is -0.890. The van der Waals surface area contributed by atoms with Crippen molar-refractivity contribution < 1.29 is 13.6 Å². The summed E-state index contributed by atoms with van der Waals surface area (Å²) >= 11 is 0. The van der Waals surface area contributed by atoms with Crippen LogP contribution in [0.15, 0.2) is 36.9 Å². The standard InChI is InChI=1S/C13H17O3P/c1-11(12-7-5-4-6-8-12)16-17-14-9-13(2,3)10-15-17/h4-8H,1,9-10H2,2-3H3. The molecule has 4 heteroatoms. The zero-order valence-corrected chi connectivity index (χ0v) is 11.1. The van der Waals surface area contributed by atoms with Gasteiger partial charge in [-0.15, -0.1) is 0 Å². The zero-order valence-electron chi connectivity index (χ0n) is 10.2. The van der Waals surface area contributed by atoms with Crippen molar-refractivity contribution in [2.24, 2.45) is 5.41 Å². The lowest BCUT2D eigenvalue weighted by Crippen LogP contribution is -2.28. The Morgan fingerprint density at radius 3 is 2.41 bits per heavy atom. The molecule has 1 aromatic carbocycles. The van der Waals surface area contributed by atoms with Gasteiger partial charge in [-0.05, 0) is 0 Å².